The van der Waals surface area contributed by atoms with Crippen LogP contribution in [0.1, 0.15) is 33.3 Å². The summed E-state index contributed by atoms with van der Waals surface area (Å²) in [7, 11) is 0. The van der Waals surface area contributed by atoms with Crippen LogP contribution in [0.25, 0.3) is 0 Å². The van der Waals surface area contributed by atoms with Crippen LogP contribution in [-0.2, 0) is 10.2 Å². The first-order chi connectivity index (χ1) is 7.84. The monoisotopic (exact) mass is 255 g/mol. The molecule has 4 heteroatoms. The topological polar surface area (TPSA) is 38.3 Å². The van der Waals surface area contributed by atoms with Crippen molar-refractivity contribution in [3.8, 4) is 0 Å². The van der Waals surface area contributed by atoms with Crippen molar-refractivity contribution in [3.05, 3.63) is 28.8 Å². The van der Waals surface area contributed by atoms with Gasteiger partial charge in [0.25, 0.3) is 0 Å². The van der Waals surface area contributed by atoms with Gasteiger partial charge in [0.2, 0.25) is 0 Å². The van der Waals surface area contributed by atoms with E-state index < -0.39 is 6.09 Å². The maximum atomic E-state index is 11.2. The van der Waals surface area contributed by atoms with Crippen LogP contribution in [0.15, 0.2) is 18.2 Å². The van der Waals surface area contributed by atoms with Crippen LogP contribution in [0, 0.1) is 0 Å². The van der Waals surface area contributed by atoms with E-state index in [1.807, 2.05) is 12.1 Å². The zero-order valence-electron chi connectivity index (χ0n) is 10.6. The van der Waals surface area contributed by atoms with Crippen molar-refractivity contribution in [2.45, 2.75) is 33.1 Å². The molecule has 0 saturated heterocycles. The normalized spacial score (nSPS) is 11.1. The van der Waals surface area contributed by atoms with Gasteiger partial charge in [0, 0.05) is 10.7 Å². The number of rotatable bonds is 2. The van der Waals surface area contributed by atoms with Crippen LogP contribution in [0.4, 0.5) is 10.5 Å². The Bertz CT molecular complexity index is 410. The molecule has 0 heterocycles. The molecule has 0 aromatic heterocycles. The zero-order valence-corrected chi connectivity index (χ0v) is 11.4. The molecule has 3 nitrogen and oxygen atoms in total. The lowest BCUT2D eigenvalue weighted by Gasteiger charge is -2.21. The first-order valence-corrected chi connectivity index (χ1v) is 5.96. The Balaban J connectivity index is 2.86. The van der Waals surface area contributed by atoms with E-state index in [1.165, 1.54) is 0 Å². The lowest BCUT2D eigenvalue weighted by Crippen LogP contribution is -2.15. The minimum absolute atomic E-state index is 0.0143. The summed E-state index contributed by atoms with van der Waals surface area (Å²) in [4.78, 5) is 11.2. The molecule has 0 unspecified atom stereocenters. The van der Waals surface area contributed by atoms with Gasteiger partial charge >= 0.3 is 6.09 Å². The highest BCUT2D eigenvalue weighted by Crippen LogP contribution is 2.31. The number of nitrogens with one attached hydrogen (secondary N) is 1. The van der Waals surface area contributed by atoms with Gasteiger partial charge < -0.3 is 4.74 Å². The molecule has 0 spiro atoms. The summed E-state index contributed by atoms with van der Waals surface area (Å²) in [6, 6.07) is 5.48. The predicted molar refractivity (Wildman–Crippen MR) is 70.8 cm³/mol. The molecule has 0 fully saturated rings. The van der Waals surface area contributed by atoms with E-state index in [0.29, 0.717) is 17.3 Å². The molecular weight excluding hydrogens is 238 g/mol. The number of halogens is 1. The van der Waals surface area contributed by atoms with Crippen molar-refractivity contribution >= 4 is 23.4 Å². The molecular formula is C13H18ClNO2. The molecule has 1 aromatic carbocycles. The van der Waals surface area contributed by atoms with Gasteiger partial charge in [-0.05, 0) is 30.0 Å². The highest BCUT2D eigenvalue weighted by Gasteiger charge is 2.17. The fourth-order valence-corrected chi connectivity index (χ4v) is 1.95. The summed E-state index contributed by atoms with van der Waals surface area (Å²) < 4.78 is 4.79. The second kappa shape index (κ2) is 5.41. The van der Waals surface area contributed by atoms with Crippen molar-refractivity contribution in [3.63, 3.8) is 0 Å². The maximum Gasteiger partial charge on any atom is 0.411 e. The lowest BCUT2D eigenvalue weighted by atomic mass is 9.87. The number of hydrogen-bond donors (Lipinski definition) is 1. The van der Waals surface area contributed by atoms with Crippen LogP contribution < -0.4 is 5.32 Å². The largest absolute Gasteiger partial charge is 0.450 e. The Morgan fingerprint density at radius 2 is 2.06 bits per heavy atom. The molecule has 1 aromatic rings. The average molecular weight is 256 g/mol. The van der Waals surface area contributed by atoms with E-state index >= 15 is 0 Å². The lowest BCUT2D eigenvalue weighted by molar-refractivity contribution is 0.168. The Kier molecular flexibility index (Phi) is 4.40. The van der Waals surface area contributed by atoms with E-state index in [0.717, 1.165) is 5.56 Å². The molecule has 0 aliphatic heterocycles. The minimum atomic E-state index is -0.466. The van der Waals surface area contributed by atoms with E-state index in [-0.39, 0.29) is 5.41 Å². The third kappa shape index (κ3) is 3.93. The number of carbonyl (C=O) groups is 1. The summed E-state index contributed by atoms with van der Waals surface area (Å²) in [6.07, 6.45) is -0.466. The summed E-state index contributed by atoms with van der Waals surface area (Å²) in [5.41, 5.74) is 1.68. The summed E-state index contributed by atoms with van der Waals surface area (Å²) >= 11 is 6.18. The van der Waals surface area contributed by atoms with Gasteiger partial charge in [-0.25, -0.2) is 4.79 Å². The number of ether oxygens (including phenoxy) is 1. The van der Waals surface area contributed by atoms with Gasteiger partial charge in [0.05, 0.1) is 6.61 Å². The molecule has 0 atom stereocenters. The molecule has 0 radical (unpaired) electrons. The molecule has 1 amide bonds. The minimum Gasteiger partial charge on any atom is -0.450 e. The summed E-state index contributed by atoms with van der Waals surface area (Å²) in [5.74, 6) is 0. The van der Waals surface area contributed by atoms with Crippen molar-refractivity contribution in [2.75, 3.05) is 11.9 Å². The van der Waals surface area contributed by atoms with Crippen molar-refractivity contribution in [2.24, 2.45) is 0 Å². The number of anilines is 1. The summed E-state index contributed by atoms with van der Waals surface area (Å²) in [6.45, 7) is 8.38. The van der Waals surface area contributed by atoms with Gasteiger partial charge in [-0.3, -0.25) is 5.32 Å². The number of benzene rings is 1. The fraction of sp³-hybridized carbons (Fsp3) is 0.462. The molecule has 0 aliphatic rings. The predicted octanol–water partition coefficient (Wildman–Crippen LogP) is 4.21. The van der Waals surface area contributed by atoms with Crippen molar-refractivity contribution in [1.29, 1.82) is 0 Å². The molecule has 17 heavy (non-hydrogen) atoms. The van der Waals surface area contributed by atoms with Crippen molar-refractivity contribution in [1.82, 2.24) is 0 Å². The van der Waals surface area contributed by atoms with Crippen molar-refractivity contribution < 1.29 is 9.53 Å². The van der Waals surface area contributed by atoms with Gasteiger partial charge in [-0.2, -0.15) is 0 Å². The third-order valence-electron chi connectivity index (χ3n) is 2.30. The summed E-state index contributed by atoms with van der Waals surface area (Å²) in [5, 5.41) is 3.26. The van der Waals surface area contributed by atoms with Crippen LogP contribution in [0.3, 0.4) is 0 Å². The third-order valence-corrected chi connectivity index (χ3v) is 2.61. The average Bonchev–Trinajstić information content (AvgIpc) is 2.15. The van der Waals surface area contributed by atoms with Gasteiger partial charge in [-0.15, -0.1) is 0 Å². The van der Waals surface area contributed by atoms with Gasteiger partial charge in [0.1, 0.15) is 0 Å². The second-order valence-corrected chi connectivity index (χ2v) is 5.20. The van der Waals surface area contributed by atoms with E-state index in [4.69, 9.17) is 16.3 Å². The number of hydrogen-bond acceptors (Lipinski definition) is 2. The van der Waals surface area contributed by atoms with E-state index in [2.05, 4.69) is 26.1 Å². The Labute approximate surface area is 107 Å². The molecule has 1 N–H and O–H groups in total. The highest BCUT2D eigenvalue weighted by molar-refractivity contribution is 6.31. The van der Waals surface area contributed by atoms with Crippen LogP contribution in [0.5, 0.6) is 0 Å². The van der Waals surface area contributed by atoms with E-state index in [1.54, 1.807) is 13.0 Å². The molecule has 0 bridgehead atoms. The standard InChI is InChI=1S/C13H18ClNO2/c1-5-17-12(16)15-9-6-7-10(11(14)8-9)13(2,3)4/h6-8H,5H2,1-4H3,(H,15,16). The molecule has 1 rings (SSSR count). The number of carbonyl (C=O) groups excluding carboxylic acids is 1. The number of amides is 1. The molecule has 94 valence electrons. The first-order valence-electron chi connectivity index (χ1n) is 5.58. The molecule has 0 aliphatic carbocycles. The second-order valence-electron chi connectivity index (χ2n) is 4.79. The zero-order chi connectivity index (χ0) is 13.1. The SMILES string of the molecule is CCOC(=O)Nc1ccc(C(C)(C)C)c(Cl)c1. The van der Waals surface area contributed by atoms with E-state index in [9.17, 15) is 4.79 Å². The smallest absolute Gasteiger partial charge is 0.411 e. The Morgan fingerprint density at radius 3 is 2.53 bits per heavy atom. The quantitative estimate of drug-likeness (QED) is 0.860. The Hall–Kier alpha value is -1.22. The maximum absolute atomic E-state index is 11.2. The molecule has 0 saturated carbocycles. The fourth-order valence-electron chi connectivity index (χ4n) is 1.49. The van der Waals surface area contributed by atoms with Gasteiger partial charge in [-0.1, -0.05) is 38.4 Å². The van der Waals surface area contributed by atoms with Gasteiger partial charge in [0.15, 0.2) is 0 Å². The van der Waals surface area contributed by atoms with Crippen LogP contribution >= 0.6 is 11.6 Å². The van der Waals surface area contributed by atoms with Crippen LogP contribution in [0.2, 0.25) is 5.02 Å². The Morgan fingerprint density at radius 1 is 1.41 bits per heavy atom. The first kappa shape index (κ1) is 13.8. The van der Waals surface area contributed by atoms with Crippen LogP contribution in [-0.4, -0.2) is 12.7 Å². The highest BCUT2D eigenvalue weighted by atomic mass is 35.5.